The van der Waals surface area contributed by atoms with Crippen LogP contribution in [0, 0.1) is 0 Å². The van der Waals surface area contributed by atoms with Crippen LogP contribution in [0.4, 0.5) is 0 Å². The van der Waals surface area contributed by atoms with Crippen LogP contribution in [0.5, 0.6) is 5.88 Å². The zero-order valence-electron chi connectivity index (χ0n) is 14.4. The molecule has 0 radical (unpaired) electrons. The Balaban J connectivity index is 2.09. The minimum absolute atomic E-state index is 0.589. The van der Waals surface area contributed by atoms with Gasteiger partial charge in [-0.3, -0.25) is 0 Å². The van der Waals surface area contributed by atoms with E-state index in [1.165, 1.54) is 12.2 Å². The fraction of sp³-hybridized carbons (Fsp3) is 0.647. The van der Waals surface area contributed by atoms with Gasteiger partial charge in [0.2, 0.25) is 5.88 Å². The molecule has 1 saturated heterocycles. The molecule has 1 aliphatic heterocycles. The number of nitrogens with one attached hydrogen (secondary N) is 1. The predicted octanol–water partition coefficient (Wildman–Crippen LogP) is 2.77. The Morgan fingerprint density at radius 1 is 1.48 bits per heavy atom. The summed E-state index contributed by atoms with van der Waals surface area (Å²) in [6.07, 6.45) is 2.97. The average Bonchev–Trinajstić information content (AvgIpc) is 2.60. The molecule has 1 aromatic rings. The highest BCUT2D eigenvalue weighted by Crippen LogP contribution is 2.21. The van der Waals surface area contributed by atoms with Crippen LogP contribution in [0.1, 0.15) is 32.8 Å². The Hall–Kier alpha value is -1.43. The van der Waals surface area contributed by atoms with Crippen molar-refractivity contribution >= 4 is 17.7 Å². The van der Waals surface area contributed by atoms with E-state index in [-0.39, 0.29) is 0 Å². The Morgan fingerprint density at radius 2 is 2.35 bits per heavy atom. The second-order valence-corrected chi connectivity index (χ2v) is 6.83. The van der Waals surface area contributed by atoms with Crippen molar-refractivity contribution in [2.75, 3.05) is 32.0 Å². The van der Waals surface area contributed by atoms with Gasteiger partial charge in [-0.1, -0.05) is 13.0 Å². The minimum Gasteiger partial charge on any atom is -0.478 e. The largest absolute Gasteiger partial charge is 0.478 e. The molecule has 0 spiro atoms. The summed E-state index contributed by atoms with van der Waals surface area (Å²) in [6, 6.07) is 3.97. The maximum atomic E-state index is 5.59. The number of aliphatic imine (C=N–C) groups is 1. The third-order valence-electron chi connectivity index (χ3n) is 3.76. The first kappa shape index (κ1) is 17.9. The maximum Gasteiger partial charge on any atom is 0.218 e. The van der Waals surface area contributed by atoms with E-state index in [1.807, 2.05) is 19.1 Å². The number of hydrogen-bond donors (Lipinski definition) is 1. The fourth-order valence-corrected chi connectivity index (χ4v) is 3.74. The Kier molecular flexibility index (Phi) is 7.52. The smallest absolute Gasteiger partial charge is 0.218 e. The van der Waals surface area contributed by atoms with Gasteiger partial charge < -0.3 is 15.0 Å². The minimum atomic E-state index is 0.589. The molecule has 2 rings (SSSR count). The topological polar surface area (TPSA) is 49.8 Å². The number of ether oxygens (including phenoxy) is 1. The van der Waals surface area contributed by atoms with Gasteiger partial charge in [0.05, 0.1) is 13.2 Å². The van der Waals surface area contributed by atoms with Crippen LogP contribution in [-0.4, -0.2) is 53.1 Å². The second-order valence-electron chi connectivity index (χ2n) is 5.42. The third kappa shape index (κ3) is 5.30. The summed E-state index contributed by atoms with van der Waals surface area (Å²) < 4.78 is 5.59. The van der Waals surface area contributed by atoms with Crippen LogP contribution in [-0.2, 0) is 6.54 Å². The monoisotopic (exact) mass is 336 g/mol. The molecule has 1 aromatic heterocycles. The van der Waals surface area contributed by atoms with E-state index < -0.39 is 0 Å². The lowest BCUT2D eigenvalue weighted by molar-refractivity contribution is 0.323. The lowest BCUT2D eigenvalue weighted by Crippen LogP contribution is -2.48. The van der Waals surface area contributed by atoms with Gasteiger partial charge in [0.25, 0.3) is 0 Å². The van der Waals surface area contributed by atoms with E-state index in [4.69, 9.17) is 9.73 Å². The average molecular weight is 337 g/mol. The van der Waals surface area contributed by atoms with Crippen molar-refractivity contribution < 1.29 is 4.74 Å². The molecule has 1 atom stereocenters. The SMILES string of the molecule is CCNC(=NCc1cccnc1OCC)N1CCSC(CC)C1. The van der Waals surface area contributed by atoms with E-state index in [2.05, 4.69) is 40.8 Å². The van der Waals surface area contributed by atoms with Gasteiger partial charge in [0.15, 0.2) is 5.96 Å². The van der Waals surface area contributed by atoms with E-state index >= 15 is 0 Å². The highest BCUT2D eigenvalue weighted by molar-refractivity contribution is 8.00. The van der Waals surface area contributed by atoms with Crippen molar-refractivity contribution in [3.05, 3.63) is 23.9 Å². The first-order chi connectivity index (χ1) is 11.3. The molecule has 0 saturated carbocycles. The third-order valence-corrected chi connectivity index (χ3v) is 5.13. The van der Waals surface area contributed by atoms with Gasteiger partial charge in [-0.05, 0) is 26.3 Å². The van der Waals surface area contributed by atoms with Crippen molar-refractivity contribution in [3.8, 4) is 5.88 Å². The Morgan fingerprint density at radius 3 is 3.09 bits per heavy atom. The molecular weight excluding hydrogens is 308 g/mol. The summed E-state index contributed by atoms with van der Waals surface area (Å²) in [5, 5.41) is 4.12. The molecule has 23 heavy (non-hydrogen) atoms. The number of pyridine rings is 1. The molecule has 0 aromatic carbocycles. The summed E-state index contributed by atoms with van der Waals surface area (Å²) >= 11 is 2.07. The number of thioether (sulfide) groups is 1. The van der Waals surface area contributed by atoms with Gasteiger partial charge in [-0.2, -0.15) is 11.8 Å². The van der Waals surface area contributed by atoms with E-state index in [0.717, 1.165) is 31.2 Å². The molecule has 2 heterocycles. The Bertz CT molecular complexity index is 509. The molecule has 5 nitrogen and oxygen atoms in total. The molecular formula is C17H28N4OS. The molecule has 1 fully saturated rings. The number of guanidine groups is 1. The summed E-state index contributed by atoms with van der Waals surface area (Å²) in [7, 11) is 0. The van der Waals surface area contributed by atoms with Gasteiger partial charge in [0, 0.05) is 42.4 Å². The van der Waals surface area contributed by atoms with Crippen LogP contribution < -0.4 is 10.1 Å². The fourth-order valence-electron chi connectivity index (χ4n) is 2.56. The summed E-state index contributed by atoms with van der Waals surface area (Å²) in [4.78, 5) is 11.5. The van der Waals surface area contributed by atoms with Crippen LogP contribution in [0.15, 0.2) is 23.3 Å². The van der Waals surface area contributed by atoms with Crippen LogP contribution in [0.25, 0.3) is 0 Å². The van der Waals surface area contributed by atoms with E-state index in [0.29, 0.717) is 24.3 Å². The van der Waals surface area contributed by atoms with Crippen LogP contribution >= 0.6 is 11.8 Å². The van der Waals surface area contributed by atoms with Gasteiger partial charge in [-0.25, -0.2) is 9.98 Å². The van der Waals surface area contributed by atoms with Crippen molar-refractivity contribution in [1.82, 2.24) is 15.2 Å². The number of hydrogen-bond acceptors (Lipinski definition) is 4. The van der Waals surface area contributed by atoms with Crippen molar-refractivity contribution in [3.63, 3.8) is 0 Å². The van der Waals surface area contributed by atoms with Gasteiger partial charge in [-0.15, -0.1) is 0 Å². The van der Waals surface area contributed by atoms with Crippen LogP contribution in [0.3, 0.4) is 0 Å². The first-order valence-corrected chi connectivity index (χ1v) is 9.54. The van der Waals surface area contributed by atoms with Gasteiger partial charge >= 0.3 is 0 Å². The molecule has 128 valence electrons. The van der Waals surface area contributed by atoms with E-state index in [9.17, 15) is 0 Å². The standard InChI is InChI=1S/C17H28N4OS/c1-4-15-13-21(10-11-23-15)17(18-5-2)20-12-14-8-7-9-19-16(14)22-6-3/h7-9,15H,4-6,10-13H2,1-3H3,(H,18,20). The van der Waals surface area contributed by atoms with Crippen molar-refractivity contribution in [2.45, 2.75) is 39.0 Å². The molecule has 6 heteroatoms. The van der Waals surface area contributed by atoms with Gasteiger partial charge in [0.1, 0.15) is 0 Å². The number of aromatic nitrogens is 1. The second kappa shape index (κ2) is 9.65. The predicted molar refractivity (Wildman–Crippen MR) is 98.3 cm³/mol. The van der Waals surface area contributed by atoms with Crippen molar-refractivity contribution in [1.29, 1.82) is 0 Å². The molecule has 0 amide bonds. The maximum absolute atomic E-state index is 5.59. The molecule has 0 aliphatic carbocycles. The molecule has 1 N–H and O–H groups in total. The number of rotatable bonds is 6. The lowest BCUT2D eigenvalue weighted by atomic mass is 10.2. The normalized spacial score (nSPS) is 18.8. The lowest BCUT2D eigenvalue weighted by Gasteiger charge is -2.34. The highest BCUT2D eigenvalue weighted by atomic mass is 32.2. The molecule has 1 unspecified atom stereocenters. The molecule has 0 bridgehead atoms. The number of nitrogens with zero attached hydrogens (tertiary/aromatic N) is 3. The first-order valence-electron chi connectivity index (χ1n) is 8.50. The molecule has 1 aliphatic rings. The highest BCUT2D eigenvalue weighted by Gasteiger charge is 2.21. The summed E-state index contributed by atoms with van der Waals surface area (Å²) in [6.45, 7) is 10.6. The zero-order chi connectivity index (χ0) is 16.5. The quantitative estimate of drug-likeness (QED) is 0.639. The van der Waals surface area contributed by atoms with Crippen molar-refractivity contribution in [2.24, 2.45) is 4.99 Å². The van der Waals surface area contributed by atoms with E-state index in [1.54, 1.807) is 6.20 Å². The Labute approximate surface area is 143 Å². The van der Waals surface area contributed by atoms with Crippen LogP contribution in [0.2, 0.25) is 0 Å². The summed E-state index contributed by atoms with van der Waals surface area (Å²) in [5.74, 6) is 2.85. The summed E-state index contributed by atoms with van der Waals surface area (Å²) in [5.41, 5.74) is 1.03. The zero-order valence-corrected chi connectivity index (χ0v) is 15.2.